The third-order valence-electron chi connectivity index (χ3n) is 5.80. The van der Waals surface area contributed by atoms with E-state index in [-0.39, 0.29) is 13.2 Å². The second-order valence-corrected chi connectivity index (χ2v) is 8.38. The number of hydrogen-bond acceptors (Lipinski definition) is 4. The van der Waals surface area contributed by atoms with E-state index >= 15 is 0 Å². The zero-order chi connectivity index (χ0) is 25.0. The molecule has 0 amide bonds. The van der Waals surface area contributed by atoms with E-state index in [1.807, 2.05) is 36.4 Å². The molecular weight excluding hydrogens is 448 g/mol. The summed E-state index contributed by atoms with van der Waals surface area (Å²) in [7, 11) is 0. The molecule has 0 unspecified atom stereocenters. The highest BCUT2D eigenvalue weighted by Gasteiger charge is 2.16. The molecule has 4 aromatic carbocycles. The predicted molar refractivity (Wildman–Crippen MR) is 145 cm³/mol. The number of rotatable bonds is 12. The molecule has 0 saturated carbocycles. The Morgan fingerprint density at radius 2 is 0.778 bits per heavy atom. The fourth-order valence-electron chi connectivity index (χ4n) is 4.07. The molecule has 4 rings (SSSR count). The monoisotopic (exact) mass is 480 g/mol. The van der Waals surface area contributed by atoms with E-state index in [2.05, 4.69) is 72.8 Å². The molecule has 0 spiro atoms. The molecule has 0 aliphatic carbocycles. The summed E-state index contributed by atoms with van der Waals surface area (Å²) < 4.78 is 11.5. The number of benzene rings is 4. The van der Waals surface area contributed by atoms with Crippen molar-refractivity contribution in [2.75, 3.05) is 26.4 Å². The van der Waals surface area contributed by atoms with Crippen molar-refractivity contribution in [1.82, 2.24) is 0 Å². The summed E-state index contributed by atoms with van der Waals surface area (Å²) >= 11 is 0. The molecule has 0 atom stereocenters. The predicted octanol–water partition coefficient (Wildman–Crippen LogP) is 6.22. The van der Waals surface area contributed by atoms with Gasteiger partial charge >= 0.3 is 0 Å². The van der Waals surface area contributed by atoms with Crippen molar-refractivity contribution in [2.24, 2.45) is 0 Å². The Morgan fingerprint density at radius 3 is 1.11 bits per heavy atom. The molecule has 0 saturated heterocycles. The van der Waals surface area contributed by atoms with Crippen LogP contribution in [0, 0.1) is 0 Å². The maximum atomic E-state index is 9.04. The number of aliphatic hydroxyl groups is 2. The molecule has 0 fully saturated rings. The normalized spacial score (nSPS) is 10.6. The van der Waals surface area contributed by atoms with Crippen LogP contribution in [-0.4, -0.2) is 36.6 Å². The first-order chi connectivity index (χ1) is 17.8. The summed E-state index contributed by atoms with van der Waals surface area (Å²) in [5.74, 6) is 1.56. The van der Waals surface area contributed by atoms with Crippen LogP contribution in [0.15, 0.2) is 109 Å². The van der Waals surface area contributed by atoms with Crippen LogP contribution in [-0.2, 0) is 0 Å². The van der Waals surface area contributed by atoms with E-state index in [1.165, 1.54) is 0 Å². The van der Waals surface area contributed by atoms with Crippen LogP contribution in [0.25, 0.3) is 11.1 Å². The van der Waals surface area contributed by atoms with Gasteiger partial charge in [-0.05, 0) is 57.7 Å². The first-order valence-electron chi connectivity index (χ1n) is 12.3. The van der Waals surface area contributed by atoms with E-state index in [0.717, 1.165) is 44.9 Å². The van der Waals surface area contributed by atoms with Crippen LogP contribution in [0.5, 0.6) is 11.5 Å². The number of hydrogen-bond donors (Lipinski definition) is 2. The fourth-order valence-corrected chi connectivity index (χ4v) is 4.07. The average Bonchev–Trinajstić information content (AvgIpc) is 2.94. The van der Waals surface area contributed by atoms with Gasteiger partial charge in [0.25, 0.3) is 0 Å². The Labute approximate surface area is 213 Å². The van der Waals surface area contributed by atoms with Crippen LogP contribution < -0.4 is 9.47 Å². The van der Waals surface area contributed by atoms with Crippen molar-refractivity contribution < 1.29 is 19.7 Å². The topological polar surface area (TPSA) is 58.9 Å². The Morgan fingerprint density at radius 1 is 0.444 bits per heavy atom. The Balaban J connectivity index is 1.83. The van der Waals surface area contributed by atoms with Gasteiger partial charge in [0.1, 0.15) is 11.5 Å². The van der Waals surface area contributed by atoms with Crippen molar-refractivity contribution in [2.45, 2.75) is 12.8 Å². The van der Waals surface area contributed by atoms with E-state index < -0.39 is 0 Å². The van der Waals surface area contributed by atoms with Gasteiger partial charge in [-0.1, -0.05) is 84.9 Å². The molecule has 0 radical (unpaired) electrons. The molecule has 0 aliphatic heterocycles. The molecule has 4 aromatic rings. The third-order valence-corrected chi connectivity index (χ3v) is 5.80. The molecular formula is C32H32O4. The molecule has 0 heterocycles. The zero-order valence-corrected chi connectivity index (χ0v) is 20.3. The molecule has 184 valence electrons. The van der Waals surface area contributed by atoms with Crippen LogP contribution in [0.2, 0.25) is 0 Å². The first kappa shape index (κ1) is 25.2. The Bertz CT molecular complexity index is 1120. The van der Waals surface area contributed by atoms with Gasteiger partial charge in [-0.3, -0.25) is 0 Å². The van der Waals surface area contributed by atoms with E-state index in [0.29, 0.717) is 26.1 Å². The summed E-state index contributed by atoms with van der Waals surface area (Å²) in [5.41, 5.74) is 6.65. The minimum atomic E-state index is 0.113. The van der Waals surface area contributed by atoms with E-state index in [9.17, 15) is 0 Å². The van der Waals surface area contributed by atoms with E-state index in [4.69, 9.17) is 19.7 Å². The van der Waals surface area contributed by atoms with Gasteiger partial charge in [-0.25, -0.2) is 0 Å². The standard InChI is InChI=1S/C32H32O4/c33-21-7-23-35-29-17-13-27(14-18-29)32(28-15-19-30(20-16-28)36-24-8-22-34)31(25-9-3-1-4-10-25)26-11-5-2-6-12-26/h1-6,9-20,33-34H,7-8,21-24H2. The zero-order valence-electron chi connectivity index (χ0n) is 20.3. The van der Waals surface area contributed by atoms with Gasteiger partial charge in [0.05, 0.1) is 13.2 Å². The minimum absolute atomic E-state index is 0.113. The lowest BCUT2D eigenvalue weighted by atomic mass is 9.86. The molecule has 4 heteroatoms. The highest BCUT2D eigenvalue weighted by atomic mass is 16.5. The average molecular weight is 481 g/mol. The smallest absolute Gasteiger partial charge is 0.119 e. The van der Waals surface area contributed by atoms with Gasteiger partial charge in [-0.2, -0.15) is 0 Å². The SMILES string of the molecule is OCCCOc1ccc(C(=C(c2ccccc2)c2ccccc2)c2ccc(OCCCO)cc2)cc1. The Kier molecular flexibility index (Phi) is 9.32. The van der Waals surface area contributed by atoms with Gasteiger partial charge in [0, 0.05) is 26.1 Å². The highest BCUT2D eigenvalue weighted by molar-refractivity contribution is 6.04. The lowest BCUT2D eigenvalue weighted by Gasteiger charge is -2.19. The first-order valence-corrected chi connectivity index (χ1v) is 12.3. The van der Waals surface area contributed by atoms with Crippen molar-refractivity contribution in [3.63, 3.8) is 0 Å². The summed E-state index contributed by atoms with van der Waals surface area (Å²) in [6, 6.07) is 37.1. The van der Waals surface area contributed by atoms with E-state index in [1.54, 1.807) is 0 Å². The maximum Gasteiger partial charge on any atom is 0.119 e. The molecule has 0 aromatic heterocycles. The second kappa shape index (κ2) is 13.3. The van der Waals surface area contributed by atoms with Crippen LogP contribution in [0.1, 0.15) is 35.1 Å². The molecule has 36 heavy (non-hydrogen) atoms. The summed E-state index contributed by atoms with van der Waals surface area (Å²) in [4.78, 5) is 0. The summed E-state index contributed by atoms with van der Waals surface area (Å²) in [6.07, 6.45) is 1.21. The number of aliphatic hydroxyl groups excluding tert-OH is 2. The maximum absolute atomic E-state index is 9.04. The fraction of sp³-hybridized carbons (Fsp3) is 0.188. The largest absolute Gasteiger partial charge is 0.494 e. The van der Waals surface area contributed by atoms with Crippen molar-refractivity contribution in [3.05, 3.63) is 131 Å². The van der Waals surface area contributed by atoms with Crippen molar-refractivity contribution in [3.8, 4) is 11.5 Å². The van der Waals surface area contributed by atoms with Crippen LogP contribution in [0.4, 0.5) is 0 Å². The van der Waals surface area contributed by atoms with Crippen LogP contribution >= 0.6 is 0 Å². The quantitative estimate of drug-likeness (QED) is 0.187. The van der Waals surface area contributed by atoms with Gasteiger partial charge in [-0.15, -0.1) is 0 Å². The number of ether oxygens (including phenoxy) is 2. The highest BCUT2D eigenvalue weighted by Crippen LogP contribution is 2.37. The van der Waals surface area contributed by atoms with Gasteiger partial charge < -0.3 is 19.7 Å². The lowest BCUT2D eigenvalue weighted by Crippen LogP contribution is -2.01. The summed E-state index contributed by atoms with van der Waals surface area (Å²) in [5, 5.41) is 18.1. The molecule has 2 N–H and O–H groups in total. The van der Waals surface area contributed by atoms with Gasteiger partial charge in [0.15, 0.2) is 0 Å². The molecule has 4 nitrogen and oxygen atoms in total. The van der Waals surface area contributed by atoms with Crippen LogP contribution in [0.3, 0.4) is 0 Å². The molecule has 0 bridgehead atoms. The lowest BCUT2D eigenvalue weighted by molar-refractivity contribution is 0.233. The summed E-state index contributed by atoms with van der Waals surface area (Å²) in [6.45, 7) is 1.19. The Hall–Kier alpha value is -3.86. The third kappa shape index (κ3) is 6.63. The minimum Gasteiger partial charge on any atom is -0.494 e. The molecule has 0 aliphatic rings. The van der Waals surface area contributed by atoms with Gasteiger partial charge in [0.2, 0.25) is 0 Å². The second-order valence-electron chi connectivity index (χ2n) is 8.38. The van der Waals surface area contributed by atoms with Crippen molar-refractivity contribution in [1.29, 1.82) is 0 Å². The van der Waals surface area contributed by atoms with Crippen molar-refractivity contribution >= 4 is 11.1 Å².